The van der Waals surface area contributed by atoms with Crippen LogP contribution in [0.5, 0.6) is 0 Å². The number of amides is 1. The lowest BCUT2D eigenvalue weighted by Crippen LogP contribution is -2.11. The van der Waals surface area contributed by atoms with Crippen LogP contribution in [0.25, 0.3) is 0 Å². The smallest absolute Gasteiger partial charge is 0.269 e. The number of carbonyl (C=O) groups is 1. The van der Waals surface area contributed by atoms with Gasteiger partial charge in [0.25, 0.3) is 5.69 Å². The second-order valence-electron chi connectivity index (χ2n) is 3.18. The van der Waals surface area contributed by atoms with Gasteiger partial charge in [-0.05, 0) is 18.6 Å². The van der Waals surface area contributed by atoms with E-state index in [2.05, 4.69) is 5.32 Å². The number of rotatable bonds is 5. The molecule has 0 heterocycles. The van der Waals surface area contributed by atoms with Crippen molar-refractivity contribution in [3.8, 4) is 0 Å². The molecule has 0 aliphatic rings. The first kappa shape index (κ1) is 12.1. The number of carbonyl (C=O) groups excluding carboxylic acids is 1. The number of nitrogens with zero attached hydrogens (tertiary/aromatic N) is 1. The van der Waals surface area contributed by atoms with Gasteiger partial charge in [-0.2, -0.15) is 0 Å². The molecule has 0 aromatic heterocycles. The molecule has 0 bridgehead atoms. The largest absolute Gasteiger partial charge is 0.396 e. The highest BCUT2D eigenvalue weighted by atomic mass is 16.6. The van der Waals surface area contributed by atoms with Crippen LogP contribution in [0.2, 0.25) is 0 Å². The summed E-state index contributed by atoms with van der Waals surface area (Å²) in [4.78, 5) is 21.1. The summed E-state index contributed by atoms with van der Waals surface area (Å²) in [5.74, 6) is -0.220. The maximum atomic E-state index is 11.2. The van der Waals surface area contributed by atoms with Gasteiger partial charge in [-0.25, -0.2) is 0 Å². The molecule has 2 N–H and O–H groups in total. The van der Waals surface area contributed by atoms with Gasteiger partial charge in [-0.1, -0.05) is 0 Å². The zero-order valence-corrected chi connectivity index (χ0v) is 8.55. The van der Waals surface area contributed by atoms with Crippen LogP contribution in [0.1, 0.15) is 12.8 Å². The third kappa shape index (κ3) is 3.66. The minimum absolute atomic E-state index is 0.0200. The van der Waals surface area contributed by atoms with Gasteiger partial charge in [0.2, 0.25) is 5.91 Å². The summed E-state index contributed by atoms with van der Waals surface area (Å²) in [5.41, 5.74) is 0.488. The highest BCUT2D eigenvalue weighted by Gasteiger charge is 2.05. The number of benzene rings is 1. The number of aliphatic hydroxyl groups excluding tert-OH is 1. The van der Waals surface area contributed by atoms with Crippen LogP contribution >= 0.6 is 0 Å². The van der Waals surface area contributed by atoms with Crippen molar-refractivity contribution in [1.82, 2.24) is 0 Å². The van der Waals surface area contributed by atoms with Gasteiger partial charge in [0.15, 0.2) is 0 Å². The molecule has 0 aliphatic carbocycles. The first-order valence-corrected chi connectivity index (χ1v) is 4.78. The predicted octanol–water partition coefficient (Wildman–Crippen LogP) is 1.31. The maximum Gasteiger partial charge on any atom is 0.269 e. The number of nitro groups is 1. The van der Waals surface area contributed by atoms with E-state index in [4.69, 9.17) is 5.11 Å². The third-order valence-electron chi connectivity index (χ3n) is 1.92. The van der Waals surface area contributed by atoms with Crippen molar-refractivity contribution >= 4 is 17.3 Å². The first-order valence-electron chi connectivity index (χ1n) is 4.78. The zero-order chi connectivity index (χ0) is 12.0. The fourth-order valence-corrected chi connectivity index (χ4v) is 1.13. The molecule has 0 radical (unpaired) electrons. The molecule has 0 atom stereocenters. The van der Waals surface area contributed by atoms with Crippen molar-refractivity contribution in [1.29, 1.82) is 0 Å². The minimum Gasteiger partial charge on any atom is -0.396 e. The summed E-state index contributed by atoms with van der Waals surface area (Å²) in [6, 6.07) is 5.58. The second kappa shape index (κ2) is 5.82. The van der Waals surface area contributed by atoms with Gasteiger partial charge in [-0.15, -0.1) is 0 Å². The Morgan fingerprint density at radius 3 is 2.50 bits per heavy atom. The Morgan fingerprint density at radius 1 is 1.38 bits per heavy atom. The molecule has 0 unspecified atom stereocenters. The van der Waals surface area contributed by atoms with Crippen molar-refractivity contribution < 1.29 is 14.8 Å². The van der Waals surface area contributed by atoms with Crippen LogP contribution in [-0.4, -0.2) is 22.5 Å². The van der Waals surface area contributed by atoms with Crippen molar-refractivity contribution in [3.05, 3.63) is 34.4 Å². The van der Waals surface area contributed by atoms with E-state index in [-0.39, 0.29) is 24.6 Å². The van der Waals surface area contributed by atoms with Crippen LogP contribution in [0.4, 0.5) is 11.4 Å². The Bertz CT molecular complexity index is 375. The van der Waals surface area contributed by atoms with Crippen LogP contribution in [-0.2, 0) is 4.79 Å². The Labute approximate surface area is 92.0 Å². The fourth-order valence-electron chi connectivity index (χ4n) is 1.13. The summed E-state index contributed by atoms with van der Waals surface area (Å²) in [6.45, 7) is -0.0340. The molecule has 6 heteroatoms. The molecular formula is C10H12N2O4. The number of aliphatic hydroxyl groups is 1. The zero-order valence-electron chi connectivity index (χ0n) is 8.55. The Balaban J connectivity index is 2.55. The third-order valence-corrected chi connectivity index (χ3v) is 1.92. The van der Waals surface area contributed by atoms with Crippen LogP contribution in [0, 0.1) is 10.1 Å². The molecule has 0 aliphatic heterocycles. The standard InChI is InChI=1S/C10H12N2O4/c13-7-1-2-10(14)11-8-3-5-9(6-4-8)12(15)16/h3-6,13H,1-2,7H2,(H,11,14). The van der Waals surface area contributed by atoms with Gasteiger partial charge in [0.05, 0.1) is 4.92 Å². The number of nitrogens with one attached hydrogen (secondary N) is 1. The van der Waals surface area contributed by atoms with Gasteiger partial charge in [0.1, 0.15) is 0 Å². The van der Waals surface area contributed by atoms with Crippen molar-refractivity contribution in [3.63, 3.8) is 0 Å². The van der Waals surface area contributed by atoms with E-state index in [0.717, 1.165) is 0 Å². The van der Waals surface area contributed by atoms with Crippen LogP contribution in [0.3, 0.4) is 0 Å². The number of non-ortho nitro benzene ring substituents is 1. The van der Waals surface area contributed by atoms with E-state index in [1.54, 1.807) is 0 Å². The minimum atomic E-state index is -0.503. The SMILES string of the molecule is O=C(CCCO)Nc1ccc([N+](=O)[O-])cc1. The Morgan fingerprint density at radius 2 is 2.00 bits per heavy atom. The Hall–Kier alpha value is -1.95. The number of anilines is 1. The highest BCUT2D eigenvalue weighted by Crippen LogP contribution is 2.15. The summed E-state index contributed by atoms with van der Waals surface area (Å²) in [7, 11) is 0. The van der Waals surface area contributed by atoms with Crippen molar-refractivity contribution in [2.24, 2.45) is 0 Å². The first-order chi connectivity index (χ1) is 7.63. The van der Waals surface area contributed by atoms with E-state index < -0.39 is 4.92 Å². The number of hydrogen-bond donors (Lipinski definition) is 2. The molecule has 6 nitrogen and oxygen atoms in total. The van der Waals surface area contributed by atoms with Gasteiger partial charge in [-0.3, -0.25) is 14.9 Å². The summed E-state index contributed by atoms with van der Waals surface area (Å²) in [5, 5.41) is 21.5. The average Bonchev–Trinajstić information content (AvgIpc) is 2.27. The quantitative estimate of drug-likeness (QED) is 0.582. The molecule has 16 heavy (non-hydrogen) atoms. The molecule has 86 valence electrons. The lowest BCUT2D eigenvalue weighted by molar-refractivity contribution is -0.384. The number of hydrogen-bond acceptors (Lipinski definition) is 4. The molecule has 0 fully saturated rings. The van der Waals surface area contributed by atoms with Crippen LogP contribution < -0.4 is 5.32 Å². The van der Waals surface area contributed by atoms with E-state index in [9.17, 15) is 14.9 Å². The molecule has 0 saturated carbocycles. The molecule has 1 aromatic carbocycles. The molecule has 1 amide bonds. The summed E-state index contributed by atoms with van der Waals surface area (Å²) >= 11 is 0. The van der Waals surface area contributed by atoms with E-state index in [1.165, 1.54) is 24.3 Å². The Kier molecular flexibility index (Phi) is 4.41. The molecule has 0 saturated heterocycles. The molecule has 1 aromatic rings. The molecule has 0 spiro atoms. The van der Waals surface area contributed by atoms with E-state index in [1.807, 2.05) is 0 Å². The van der Waals surface area contributed by atoms with Gasteiger partial charge in [0, 0.05) is 30.8 Å². The molecule has 1 rings (SSSR count). The lowest BCUT2D eigenvalue weighted by atomic mass is 10.2. The van der Waals surface area contributed by atoms with Crippen molar-refractivity contribution in [2.45, 2.75) is 12.8 Å². The van der Waals surface area contributed by atoms with Crippen LogP contribution in [0.15, 0.2) is 24.3 Å². The summed E-state index contributed by atoms with van der Waals surface area (Å²) in [6.07, 6.45) is 0.631. The summed E-state index contributed by atoms with van der Waals surface area (Å²) < 4.78 is 0. The monoisotopic (exact) mass is 224 g/mol. The number of nitro benzene ring substituents is 1. The topological polar surface area (TPSA) is 92.5 Å². The van der Waals surface area contributed by atoms with E-state index >= 15 is 0 Å². The normalized spacial score (nSPS) is 9.81. The highest BCUT2D eigenvalue weighted by molar-refractivity contribution is 5.90. The second-order valence-corrected chi connectivity index (χ2v) is 3.18. The lowest BCUT2D eigenvalue weighted by Gasteiger charge is -2.03. The predicted molar refractivity (Wildman–Crippen MR) is 58.0 cm³/mol. The maximum absolute atomic E-state index is 11.2. The average molecular weight is 224 g/mol. The molecular weight excluding hydrogens is 212 g/mol. The van der Waals surface area contributed by atoms with Gasteiger partial charge < -0.3 is 10.4 Å². The fraction of sp³-hybridized carbons (Fsp3) is 0.300. The van der Waals surface area contributed by atoms with Crippen molar-refractivity contribution in [2.75, 3.05) is 11.9 Å². The van der Waals surface area contributed by atoms with E-state index in [0.29, 0.717) is 12.1 Å². The van der Waals surface area contributed by atoms with Gasteiger partial charge >= 0.3 is 0 Å².